The summed E-state index contributed by atoms with van der Waals surface area (Å²) in [7, 11) is 2.14. The highest BCUT2D eigenvalue weighted by molar-refractivity contribution is 5.94. The first-order valence-electron chi connectivity index (χ1n) is 13.7. The lowest BCUT2D eigenvalue weighted by molar-refractivity contribution is -0.0106. The fourth-order valence-corrected chi connectivity index (χ4v) is 6.51. The molecule has 3 fully saturated rings. The Labute approximate surface area is 231 Å². The molecule has 1 N–H and O–H groups in total. The number of halogens is 3. The van der Waals surface area contributed by atoms with Gasteiger partial charge in [0.05, 0.1) is 11.6 Å². The molecule has 3 aliphatic rings. The minimum absolute atomic E-state index is 0.166. The van der Waals surface area contributed by atoms with Crippen LogP contribution in [0.15, 0.2) is 77.2 Å². The van der Waals surface area contributed by atoms with E-state index in [4.69, 9.17) is 0 Å². The van der Waals surface area contributed by atoms with Gasteiger partial charge in [-0.1, -0.05) is 42.0 Å². The fraction of sp³-hybridized carbons (Fsp3) is 0.375. The number of nitrogens with one attached hydrogen (secondary N) is 1. The van der Waals surface area contributed by atoms with Crippen LogP contribution >= 0.6 is 0 Å². The molecule has 0 radical (unpaired) electrons. The molecule has 1 aromatic heterocycles. The van der Waals surface area contributed by atoms with E-state index >= 15 is 0 Å². The van der Waals surface area contributed by atoms with Gasteiger partial charge in [-0.25, -0.2) is 13.2 Å². The largest absolute Gasteiger partial charge is 0.345 e. The number of pyridine rings is 1. The number of hydrogen-bond donors (Lipinski definition) is 1. The molecule has 208 valence electrons. The van der Waals surface area contributed by atoms with Gasteiger partial charge in [-0.05, 0) is 80.1 Å². The highest BCUT2D eigenvalue weighted by Gasteiger charge is 2.53. The van der Waals surface area contributed by atoms with Crippen molar-refractivity contribution in [2.75, 3.05) is 20.1 Å². The van der Waals surface area contributed by atoms with Gasteiger partial charge in [0.2, 0.25) is 0 Å². The number of carbonyl (C=O) groups is 1. The Balaban J connectivity index is 1.21. The van der Waals surface area contributed by atoms with Crippen LogP contribution < -0.4 is 10.9 Å². The van der Waals surface area contributed by atoms with Crippen LogP contribution in [0.3, 0.4) is 0 Å². The van der Waals surface area contributed by atoms with Crippen LogP contribution in [-0.4, -0.2) is 41.9 Å². The monoisotopic (exact) mass is 547 g/mol. The van der Waals surface area contributed by atoms with E-state index < -0.39 is 23.4 Å². The number of amides is 1. The van der Waals surface area contributed by atoms with Gasteiger partial charge in [-0.2, -0.15) is 0 Å². The van der Waals surface area contributed by atoms with E-state index in [1.54, 1.807) is 0 Å². The Morgan fingerprint density at radius 3 is 2.02 bits per heavy atom. The summed E-state index contributed by atoms with van der Waals surface area (Å²) in [6.45, 7) is 4.06. The zero-order valence-corrected chi connectivity index (χ0v) is 22.6. The predicted molar refractivity (Wildman–Crippen MR) is 148 cm³/mol. The number of carbonyl (C=O) groups excluding carboxylic acids is 1. The first-order chi connectivity index (χ1) is 19.1. The molecule has 1 atom stereocenters. The van der Waals surface area contributed by atoms with Crippen molar-refractivity contribution in [3.63, 3.8) is 0 Å². The Hall–Kier alpha value is -3.65. The van der Waals surface area contributed by atoms with E-state index in [0.717, 1.165) is 52.8 Å². The average molecular weight is 548 g/mol. The normalized spacial score (nSPS) is 19.6. The van der Waals surface area contributed by atoms with Gasteiger partial charge in [-0.15, -0.1) is 0 Å². The second-order valence-electron chi connectivity index (χ2n) is 11.9. The highest BCUT2D eigenvalue weighted by Crippen LogP contribution is 2.54. The summed E-state index contributed by atoms with van der Waals surface area (Å²) >= 11 is 0. The Morgan fingerprint density at radius 2 is 1.48 bits per heavy atom. The second-order valence-corrected chi connectivity index (χ2v) is 11.9. The van der Waals surface area contributed by atoms with Gasteiger partial charge in [0.15, 0.2) is 0 Å². The molecule has 2 aromatic carbocycles. The molecule has 6 rings (SSSR count). The number of hydrogen-bond acceptors (Lipinski definition) is 3. The molecule has 2 saturated carbocycles. The van der Waals surface area contributed by atoms with E-state index in [-0.39, 0.29) is 30.3 Å². The van der Waals surface area contributed by atoms with E-state index in [9.17, 15) is 22.8 Å². The molecule has 1 saturated heterocycles. The van der Waals surface area contributed by atoms with Crippen LogP contribution in [0.4, 0.5) is 13.2 Å². The molecule has 1 amide bonds. The maximum Gasteiger partial charge on any atom is 0.261 e. The first-order valence-corrected chi connectivity index (χ1v) is 13.7. The molecule has 40 heavy (non-hydrogen) atoms. The zero-order chi connectivity index (χ0) is 28.2. The standard InChI is InChI=1S/C32H32F3N3O2/c1-20(36-29(40)24-9-12-27(39)38(17-24)32(13-14-32)30(34)35)21-3-5-22(6-4-21)28(23-7-10-26(33)11-8-23)25-15-31(16-25)18-37(2)19-31/h3-12,17,20,30H,13-16,18-19H2,1-2H3,(H,36,40)/t20-/m1/s1. The minimum Gasteiger partial charge on any atom is -0.345 e. The Kier molecular flexibility index (Phi) is 6.49. The molecular formula is C32H32F3N3O2. The molecule has 2 aliphatic carbocycles. The van der Waals surface area contributed by atoms with E-state index in [2.05, 4.69) is 17.3 Å². The van der Waals surface area contributed by atoms with Crippen molar-refractivity contribution < 1.29 is 18.0 Å². The molecule has 1 spiro atoms. The lowest BCUT2D eigenvalue weighted by Gasteiger charge is -2.56. The summed E-state index contributed by atoms with van der Waals surface area (Å²) in [6, 6.07) is 16.8. The molecule has 2 heterocycles. The number of rotatable bonds is 7. The molecule has 1 aliphatic heterocycles. The molecule has 0 bridgehead atoms. The van der Waals surface area contributed by atoms with E-state index in [1.807, 2.05) is 43.3 Å². The third-order valence-corrected chi connectivity index (χ3v) is 8.74. The number of nitrogens with zero attached hydrogens (tertiary/aromatic N) is 2. The van der Waals surface area contributed by atoms with Crippen molar-refractivity contribution in [3.8, 4) is 0 Å². The van der Waals surface area contributed by atoms with Crippen LogP contribution in [-0.2, 0) is 5.54 Å². The summed E-state index contributed by atoms with van der Waals surface area (Å²) in [5.74, 6) is -0.703. The third-order valence-electron chi connectivity index (χ3n) is 8.74. The molecule has 5 nitrogen and oxygen atoms in total. The highest BCUT2D eigenvalue weighted by atomic mass is 19.3. The lowest BCUT2D eigenvalue weighted by atomic mass is 9.59. The van der Waals surface area contributed by atoms with Gasteiger partial charge in [0.1, 0.15) is 11.4 Å². The number of likely N-dealkylation sites (tertiary alicyclic amines) is 1. The lowest BCUT2D eigenvalue weighted by Crippen LogP contribution is -2.58. The number of alkyl halides is 2. The molecular weight excluding hydrogens is 515 g/mol. The van der Waals surface area contributed by atoms with Crippen LogP contribution in [0, 0.1) is 11.2 Å². The summed E-state index contributed by atoms with van der Waals surface area (Å²) < 4.78 is 41.9. The molecule has 8 heteroatoms. The maximum atomic E-state index is 13.7. The number of allylic oxidation sites excluding steroid dienone is 1. The minimum atomic E-state index is -2.67. The van der Waals surface area contributed by atoms with Crippen LogP contribution in [0.5, 0.6) is 0 Å². The van der Waals surface area contributed by atoms with E-state index in [0.29, 0.717) is 5.41 Å². The Morgan fingerprint density at radius 1 is 0.900 bits per heavy atom. The third kappa shape index (κ3) is 4.68. The smallest absolute Gasteiger partial charge is 0.261 e. The van der Waals surface area contributed by atoms with Crippen molar-refractivity contribution in [3.05, 3.63) is 111 Å². The number of aromatic nitrogens is 1. The summed E-state index contributed by atoms with van der Waals surface area (Å²) in [5.41, 5.74) is 3.92. The van der Waals surface area contributed by atoms with Gasteiger partial charge in [-0.3, -0.25) is 9.59 Å². The molecule has 0 unspecified atom stereocenters. The van der Waals surface area contributed by atoms with Crippen LogP contribution in [0.1, 0.15) is 65.7 Å². The zero-order valence-electron chi connectivity index (χ0n) is 22.6. The summed E-state index contributed by atoms with van der Waals surface area (Å²) in [5, 5.41) is 2.92. The van der Waals surface area contributed by atoms with Crippen molar-refractivity contribution in [1.29, 1.82) is 0 Å². The summed E-state index contributed by atoms with van der Waals surface area (Å²) in [6.07, 6.45) is 1.08. The average Bonchev–Trinajstić information content (AvgIpc) is 3.70. The summed E-state index contributed by atoms with van der Waals surface area (Å²) in [4.78, 5) is 27.6. The number of benzene rings is 2. The first kappa shape index (κ1) is 26.6. The van der Waals surface area contributed by atoms with Gasteiger partial charge in [0.25, 0.3) is 17.9 Å². The van der Waals surface area contributed by atoms with Gasteiger partial charge in [0, 0.05) is 30.8 Å². The Bertz CT molecular complexity index is 1520. The second kappa shape index (κ2) is 9.77. The van der Waals surface area contributed by atoms with Gasteiger partial charge < -0.3 is 14.8 Å². The molecule has 3 aromatic rings. The van der Waals surface area contributed by atoms with E-state index in [1.165, 1.54) is 36.0 Å². The van der Waals surface area contributed by atoms with Crippen molar-refractivity contribution >= 4 is 11.5 Å². The van der Waals surface area contributed by atoms with Crippen molar-refractivity contribution in [2.45, 2.75) is 50.6 Å². The van der Waals surface area contributed by atoms with Crippen molar-refractivity contribution in [2.24, 2.45) is 5.41 Å². The quantitative estimate of drug-likeness (QED) is 0.409. The predicted octanol–water partition coefficient (Wildman–Crippen LogP) is 5.76. The van der Waals surface area contributed by atoms with Crippen LogP contribution in [0.25, 0.3) is 5.57 Å². The topological polar surface area (TPSA) is 54.3 Å². The SMILES string of the molecule is C[C@@H](NC(=O)c1ccc(=O)n(C2(C(F)F)CC2)c1)c1ccc(C(=C2CC3(C2)CN(C)C3)c2ccc(F)cc2)cc1. The maximum absolute atomic E-state index is 13.7. The fourth-order valence-electron chi connectivity index (χ4n) is 6.51. The van der Waals surface area contributed by atoms with Crippen molar-refractivity contribution in [1.82, 2.24) is 14.8 Å². The van der Waals surface area contributed by atoms with Gasteiger partial charge >= 0.3 is 0 Å². The van der Waals surface area contributed by atoms with Crippen LogP contribution in [0.2, 0.25) is 0 Å².